The molecule has 1 N–H and O–H groups in total. The Morgan fingerprint density at radius 1 is 1.00 bits per heavy atom. The van der Waals surface area contributed by atoms with E-state index in [1.165, 1.54) is 16.8 Å². The molecule has 28 heavy (non-hydrogen) atoms. The largest absolute Gasteiger partial charge is 0.350 e. The number of likely N-dealkylation sites (tertiary alicyclic amines) is 1. The average molecular weight is 374 g/mol. The van der Waals surface area contributed by atoms with Gasteiger partial charge in [-0.15, -0.1) is 0 Å². The summed E-state index contributed by atoms with van der Waals surface area (Å²) in [6, 6.07) is 17.1. The van der Waals surface area contributed by atoms with Crippen molar-refractivity contribution in [1.29, 1.82) is 0 Å². The predicted molar refractivity (Wildman–Crippen MR) is 107 cm³/mol. The first-order valence-electron chi connectivity index (χ1n) is 9.85. The fourth-order valence-corrected chi connectivity index (χ4v) is 4.50. The van der Waals surface area contributed by atoms with Crippen molar-refractivity contribution in [1.82, 2.24) is 14.9 Å². The minimum Gasteiger partial charge on any atom is -0.350 e. The molecule has 1 saturated heterocycles. The van der Waals surface area contributed by atoms with E-state index >= 15 is 0 Å². The number of nitrogens with one attached hydrogen (secondary N) is 1. The van der Waals surface area contributed by atoms with E-state index in [-0.39, 0.29) is 5.82 Å². The van der Waals surface area contributed by atoms with Crippen molar-refractivity contribution in [3.05, 3.63) is 89.0 Å². The highest BCUT2D eigenvalue weighted by Gasteiger charge is 2.41. The fourth-order valence-electron chi connectivity index (χ4n) is 4.50. The van der Waals surface area contributed by atoms with Gasteiger partial charge >= 0.3 is 0 Å². The van der Waals surface area contributed by atoms with Gasteiger partial charge in [-0.2, -0.15) is 0 Å². The van der Waals surface area contributed by atoms with E-state index in [2.05, 4.69) is 27.3 Å². The number of nitrogens with zero attached hydrogens (tertiary/aromatic N) is 3. The van der Waals surface area contributed by atoms with E-state index in [9.17, 15) is 4.39 Å². The maximum Gasteiger partial charge on any atom is 0.223 e. The zero-order valence-electron chi connectivity index (χ0n) is 15.7. The van der Waals surface area contributed by atoms with Gasteiger partial charge in [0.15, 0.2) is 0 Å². The van der Waals surface area contributed by atoms with Crippen molar-refractivity contribution < 1.29 is 4.39 Å². The second-order valence-electron chi connectivity index (χ2n) is 7.83. The molecule has 5 rings (SSSR count). The van der Waals surface area contributed by atoms with Crippen molar-refractivity contribution in [2.75, 3.05) is 18.4 Å². The summed E-state index contributed by atoms with van der Waals surface area (Å²) < 4.78 is 13.1. The van der Waals surface area contributed by atoms with E-state index < -0.39 is 0 Å². The Bertz CT molecular complexity index is 958. The normalized spacial score (nSPS) is 20.8. The van der Waals surface area contributed by atoms with Crippen LogP contribution >= 0.6 is 0 Å². The van der Waals surface area contributed by atoms with Crippen molar-refractivity contribution in [3.8, 4) is 0 Å². The minimum absolute atomic E-state index is 0.178. The summed E-state index contributed by atoms with van der Waals surface area (Å²) in [5, 5.41) is 3.36. The van der Waals surface area contributed by atoms with E-state index in [1.807, 2.05) is 36.5 Å². The number of benzene rings is 2. The topological polar surface area (TPSA) is 41.1 Å². The second-order valence-corrected chi connectivity index (χ2v) is 7.83. The van der Waals surface area contributed by atoms with Crippen LogP contribution in [0, 0.1) is 11.7 Å². The summed E-state index contributed by atoms with van der Waals surface area (Å²) in [6.45, 7) is 3.66. The number of hydrogen-bond donors (Lipinski definition) is 1. The molecule has 3 aromatic rings. The first-order valence-corrected chi connectivity index (χ1v) is 9.85. The highest BCUT2D eigenvalue weighted by molar-refractivity contribution is 5.37. The summed E-state index contributed by atoms with van der Waals surface area (Å²) in [5.74, 6) is 1.60. The standard InChI is InChI=1S/C23H23FN4/c24-20-8-6-17(7-9-20)13-28-14-19-10-18-12-26-23(27-22(18)21(19)15-28)25-11-16-4-2-1-3-5-16/h1-9,12,19,21H,10-11,13-15H2,(H,25,26,27)/t19-,21-/m0/s1. The molecule has 0 spiro atoms. The molecule has 1 aliphatic carbocycles. The Hall–Kier alpha value is -2.79. The van der Waals surface area contributed by atoms with Crippen LogP contribution in [0.5, 0.6) is 0 Å². The van der Waals surface area contributed by atoms with Crippen LogP contribution in [-0.2, 0) is 19.5 Å². The number of hydrogen-bond acceptors (Lipinski definition) is 4. The molecular formula is C23H23FN4. The summed E-state index contributed by atoms with van der Waals surface area (Å²) >= 11 is 0. The summed E-state index contributed by atoms with van der Waals surface area (Å²) in [6.07, 6.45) is 3.05. The molecule has 1 aromatic heterocycles. The number of halogens is 1. The molecule has 2 heterocycles. The predicted octanol–water partition coefficient (Wildman–Crippen LogP) is 4.00. The first kappa shape index (κ1) is 17.3. The van der Waals surface area contributed by atoms with Crippen LogP contribution in [0.15, 0.2) is 60.8 Å². The van der Waals surface area contributed by atoms with Gasteiger partial charge in [-0.1, -0.05) is 42.5 Å². The molecule has 0 amide bonds. The van der Waals surface area contributed by atoms with Crippen molar-refractivity contribution >= 4 is 5.95 Å². The van der Waals surface area contributed by atoms with Gasteiger partial charge in [-0.05, 0) is 41.2 Å². The fraction of sp³-hybridized carbons (Fsp3) is 0.304. The first-order chi connectivity index (χ1) is 13.7. The average Bonchev–Trinajstić information content (AvgIpc) is 3.26. The van der Waals surface area contributed by atoms with Crippen molar-refractivity contribution in [3.63, 3.8) is 0 Å². The number of anilines is 1. The van der Waals surface area contributed by atoms with Gasteiger partial charge in [0.1, 0.15) is 5.82 Å². The minimum atomic E-state index is -0.178. The molecule has 0 bridgehead atoms. The Labute approximate surface area is 164 Å². The van der Waals surface area contributed by atoms with Crippen LogP contribution in [0.25, 0.3) is 0 Å². The zero-order chi connectivity index (χ0) is 18.9. The van der Waals surface area contributed by atoms with Crippen molar-refractivity contribution in [2.24, 2.45) is 5.92 Å². The van der Waals surface area contributed by atoms with E-state index in [4.69, 9.17) is 4.98 Å². The summed E-state index contributed by atoms with van der Waals surface area (Å²) in [7, 11) is 0. The highest BCUT2D eigenvalue weighted by atomic mass is 19.1. The quantitative estimate of drug-likeness (QED) is 0.733. The van der Waals surface area contributed by atoms with Crippen LogP contribution < -0.4 is 5.32 Å². The van der Waals surface area contributed by atoms with Crippen LogP contribution in [0.2, 0.25) is 0 Å². The van der Waals surface area contributed by atoms with Crippen LogP contribution in [-0.4, -0.2) is 28.0 Å². The van der Waals surface area contributed by atoms with Crippen LogP contribution in [0.3, 0.4) is 0 Å². The molecule has 4 nitrogen and oxygen atoms in total. The van der Waals surface area contributed by atoms with E-state index in [0.29, 0.717) is 17.8 Å². The number of fused-ring (bicyclic) bond motifs is 3. The van der Waals surface area contributed by atoms with Gasteiger partial charge in [0.25, 0.3) is 0 Å². The zero-order valence-corrected chi connectivity index (χ0v) is 15.7. The van der Waals surface area contributed by atoms with Gasteiger partial charge < -0.3 is 5.32 Å². The second kappa shape index (κ2) is 7.32. The maximum atomic E-state index is 13.1. The molecule has 5 heteroatoms. The Balaban J connectivity index is 1.26. The number of rotatable bonds is 5. The molecule has 142 valence electrons. The number of aromatic nitrogens is 2. The third kappa shape index (κ3) is 3.50. The molecule has 0 unspecified atom stereocenters. The lowest BCUT2D eigenvalue weighted by atomic mass is 9.99. The monoisotopic (exact) mass is 374 g/mol. The third-order valence-electron chi connectivity index (χ3n) is 5.86. The Morgan fingerprint density at radius 3 is 2.64 bits per heavy atom. The molecule has 2 atom stereocenters. The smallest absolute Gasteiger partial charge is 0.223 e. The molecule has 2 aromatic carbocycles. The highest BCUT2D eigenvalue weighted by Crippen LogP contribution is 2.42. The van der Waals surface area contributed by atoms with Gasteiger partial charge in [0.2, 0.25) is 5.95 Å². The van der Waals surface area contributed by atoms with Gasteiger partial charge in [0.05, 0.1) is 5.69 Å². The van der Waals surface area contributed by atoms with Crippen LogP contribution in [0.1, 0.15) is 28.3 Å². The van der Waals surface area contributed by atoms with E-state index in [1.54, 1.807) is 12.1 Å². The van der Waals surface area contributed by atoms with E-state index in [0.717, 1.165) is 38.2 Å². The third-order valence-corrected chi connectivity index (χ3v) is 5.86. The lowest BCUT2D eigenvalue weighted by Gasteiger charge is -2.17. The molecule has 1 aliphatic heterocycles. The SMILES string of the molecule is Fc1ccc(CN2C[C@@H]3Cc4cnc(NCc5ccccc5)nc4[C@H]3C2)cc1. The van der Waals surface area contributed by atoms with Gasteiger partial charge in [-0.3, -0.25) is 4.90 Å². The van der Waals surface area contributed by atoms with Gasteiger partial charge in [0, 0.05) is 38.3 Å². The summed E-state index contributed by atoms with van der Waals surface area (Å²) in [4.78, 5) is 11.8. The molecule has 0 radical (unpaired) electrons. The Kier molecular flexibility index (Phi) is 4.53. The van der Waals surface area contributed by atoms with Crippen LogP contribution in [0.4, 0.5) is 10.3 Å². The lowest BCUT2D eigenvalue weighted by molar-refractivity contribution is 0.313. The lowest BCUT2D eigenvalue weighted by Crippen LogP contribution is -2.21. The molecule has 0 saturated carbocycles. The summed E-state index contributed by atoms with van der Waals surface area (Å²) in [5.41, 5.74) is 4.88. The molecule has 2 aliphatic rings. The maximum absolute atomic E-state index is 13.1. The molecule has 1 fully saturated rings. The van der Waals surface area contributed by atoms with Crippen molar-refractivity contribution in [2.45, 2.75) is 25.4 Å². The Morgan fingerprint density at radius 2 is 1.82 bits per heavy atom. The molecular weight excluding hydrogens is 351 g/mol. The van der Waals surface area contributed by atoms with Gasteiger partial charge in [-0.25, -0.2) is 14.4 Å².